The number of carbonyl (C=O) groups excluding carboxylic acids is 1. The lowest BCUT2D eigenvalue weighted by Gasteiger charge is -2.34. The third-order valence-electron chi connectivity index (χ3n) is 5.83. The van der Waals surface area contributed by atoms with Crippen LogP contribution in [0.4, 0.5) is 0 Å². The molecule has 3 rings (SSSR count). The first kappa shape index (κ1) is 20.9. The van der Waals surface area contributed by atoms with Crippen molar-refractivity contribution >= 4 is 17.7 Å². The van der Waals surface area contributed by atoms with Gasteiger partial charge >= 0.3 is 0 Å². The highest BCUT2D eigenvalue weighted by Gasteiger charge is 2.31. The maximum absolute atomic E-state index is 13.0. The van der Waals surface area contributed by atoms with Gasteiger partial charge in [0.2, 0.25) is 0 Å². The van der Waals surface area contributed by atoms with Crippen LogP contribution >= 0.6 is 11.8 Å². The van der Waals surface area contributed by atoms with E-state index in [0.717, 1.165) is 39.3 Å². The summed E-state index contributed by atoms with van der Waals surface area (Å²) in [6.45, 7) is 7.78. The molecule has 150 valence electrons. The minimum atomic E-state index is -0.0177. The van der Waals surface area contributed by atoms with Crippen molar-refractivity contribution in [1.82, 2.24) is 4.90 Å². The minimum Gasteiger partial charge on any atom is -0.328 e. The number of hydrogen-bond acceptors (Lipinski definition) is 2. The molecule has 4 nitrogen and oxygen atoms in total. The van der Waals surface area contributed by atoms with Crippen molar-refractivity contribution in [3.8, 4) is 0 Å². The molecule has 1 unspecified atom stereocenters. The number of amides is 1. The molecular weight excluding hydrogens is 366 g/mol. The van der Waals surface area contributed by atoms with Crippen LogP contribution in [0.3, 0.4) is 0 Å². The molecule has 2 aromatic rings. The summed E-state index contributed by atoms with van der Waals surface area (Å²) in [7, 11) is 2.13. The first-order chi connectivity index (χ1) is 13.6. The van der Waals surface area contributed by atoms with E-state index in [1.807, 2.05) is 0 Å². The van der Waals surface area contributed by atoms with Crippen molar-refractivity contribution in [3.63, 3.8) is 0 Å². The molecule has 1 aliphatic rings. The van der Waals surface area contributed by atoms with Crippen LogP contribution < -0.4 is 9.80 Å². The van der Waals surface area contributed by atoms with Crippen LogP contribution in [0.1, 0.15) is 18.1 Å². The highest BCUT2D eigenvalue weighted by molar-refractivity contribution is 7.98. The number of quaternary nitrogens is 2. The highest BCUT2D eigenvalue weighted by Crippen LogP contribution is 2.14. The fourth-order valence-electron chi connectivity index (χ4n) is 3.81. The van der Waals surface area contributed by atoms with Gasteiger partial charge in [-0.2, -0.15) is 0 Å². The maximum Gasteiger partial charge on any atom is 0.280 e. The summed E-state index contributed by atoms with van der Waals surface area (Å²) in [6, 6.07) is 19.3. The van der Waals surface area contributed by atoms with Crippen LogP contribution in [0.25, 0.3) is 0 Å². The van der Waals surface area contributed by atoms with Crippen LogP contribution in [0, 0.1) is 0 Å². The molecule has 0 spiro atoms. The minimum absolute atomic E-state index is 0.0177. The largest absolute Gasteiger partial charge is 0.328 e. The third-order valence-corrected chi connectivity index (χ3v) is 6.57. The van der Waals surface area contributed by atoms with Gasteiger partial charge in [0.15, 0.2) is 6.04 Å². The number of nitrogens with zero attached hydrogens (tertiary/aromatic N) is 1. The van der Waals surface area contributed by atoms with Gasteiger partial charge in [-0.25, -0.2) is 0 Å². The quantitative estimate of drug-likeness (QED) is 0.673. The first-order valence-electron chi connectivity index (χ1n) is 10.2. The molecule has 1 aliphatic heterocycles. The molecule has 2 N–H and O–H groups in total. The second-order valence-electron chi connectivity index (χ2n) is 7.83. The van der Waals surface area contributed by atoms with Crippen LogP contribution in [-0.4, -0.2) is 56.3 Å². The molecule has 0 aromatic heterocycles. The Hall–Kier alpha value is -1.82. The molecule has 1 fully saturated rings. The average molecular weight is 400 g/mol. The summed E-state index contributed by atoms with van der Waals surface area (Å²) in [5, 5.41) is 0. The van der Waals surface area contributed by atoms with E-state index in [1.165, 1.54) is 20.9 Å². The number of nitrogens with one attached hydrogen (secondary N) is 2. The zero-order valence-electron chi connectivity index (χ0n) is 17.3. The number of likely N-dealkylation sites (N-methyl/N-ethyl adjacent to an activating group) is 1. The molecule has 2 aromatic carbocycles. The van der Waals surface area contributed by atoms with Crippen molar-refractivity contribution in [3.05, 3.63) is 65.7 Å². The Labute approximate surface area is 173 Å². The Balaban J connectivity index is 1.48. The van der Waals surface area contributed by atoms with Crippen molar-refractivity contribution in [2.24, 2.45) is 0 Å². The molecule has 0 radical (unpaired) electrons. The second-order valence-corrected chi connectivity index (χ2v) is 8.71. The number of rotatable bonds is 7. The van der Waals surface area contributed by atoms with E-state index in [0.29, 0.717) is 0 Å². The summed E-state index contributed by atoms with van der Waals surface area (Å²) in [4.78, 5) is 19.2. The second kappa shape index (κ2) is 10.1. The maximum atomic E-state index is 13.0. The Kier molecular flexibility index (Phi) is 7.54. The molecule has 0 aliphatic carbocycles. The monoisotopic (exact) mass is 399 g/mol. The van der Waals surface area contributed by atoms with Crippen LogP contribution in [0.2, 0.25) is 0 Å². The number of carbonyl (C=O) groups is 1. The van der Waals surface area contributed by atoms with Gasteiger partial charge in [0.05, 0.1) is 33.2 Å². The Morgan fingerprint density at radius 1 is 1.07 bits per heavy atom. The van der Waals surface area contributed by atoms with Gasteiger partial charge in [0.25, 0.3) is 5.91 Å². The van der Waals surface area contributed by atoms with E-state index >= 15 is 0 Å². The summed E-state index contributed by atoms with van der Waals surface area (Å²) in [5.41, 5.74) is 2.66. The SMILES string of the molecule is CSc1ccc(C[NH+](C)[C@@H](C)C(=O)N2CC[NH+](Cc3ccccc3)CC2)cc1. The summed E-state index contributed by atoms with van der Waals surface area (Å²) in [5.74, 6) is 0.289. The highest BCUT2D eigenvalue weighted by atomic mass is 32.2. The normalized spacial score (nSPS) is 17.3. The van der Waals surface area contributed by atoms with Gasteiger partial charge in [-0.1, -0.05) is 42.5 Å². The van der Waals surface area contributed by atoms with E-state index in [9.17, 15) is 4.79 Å². The average Bonchev–Trinajstić information content (AvgIpc) is 2.74. The molecule has 1 amide bonds. The van der Waals surface area contributed by atoms with Crippen molar-refractivity contribution in [1.29, 1.82) is 0 Å². The van der Waals surface area contributed by atoms with Crippen molar-refractivity contribution in [2.45, 2.75) is 31.0 Å². The number of thioether (sulfide) groups is 1. The molecule has 0 saturated carbocycles. The lowest BCUT2D eigenvalue weighted by atomic mass is 10.1. The Bertz CT molecular complexity index is 742. The Morgan fingerprint density at radius 3 is 2.32 bits per heavy atom. The molecule has 0 bridgehead atoms. The molecule has 28 heavy (non-hydrogen) atoms. The van der Waals surface area contributed by atoms with E-state index in [4.69, 9.17) is 0 Å². The van der Waals surface area contributed by atoms with E-state index in [2.05, 4.69) is 79.7 Å². The zero-order chi connectivity index (χ0) is 19.9. The number of piperazine rings is 1. The lowest BCUT2D eigenvalue weighted by Crippen LogP contribution is -3.14. The van der Waals surface area contributed by atoms with Crippen LogP contribution in [0.15, 0.2) is 59.5 Å². The Morgan fingerprint density at radius 2 is 1.71 bits per heavy atom. The first-order valence-corrected chi connectivity index (χ1v) is 11.4. The fourth-order valence-corrected chi connectivity index (χ4v) is 4.22. The smallest absolute Gasteiger partial charge is 0.280 e. The van der Waals surface area contributed by atoms with Gasteiger partial charge in [-0.05, 0) is 25.3 Å². The molecule has 1 heterocycles. The van der Waals surface area contributed by atoms with E-state index < -0.39 is 0 Å². The number of hydrogen-bond donors (Lipinski definition) is 2. The fraction of sp³-hybridized carbons (Fsp3) is 0.435. The predicted molar refractivity (Wildman–Crippen MR) is 116 cm³/mol. The van der Waals surface area contributed by atoms with Gasteiger partial charge < -0.3 is 14.7 Å². The number of benzene rings is 2. The van der Waals surface area contributed by atoms with Crippen molar-refractivity contribution < 1.29 is 14.6 Å². The molecule has 1 saturated heterocycles. The zero-order valence-corrected chi connectivity index (χ0v) is 18.1. The molecular formula is C23H33N3OS+2. The summed E-state index contributed by atoms with van der Waals surface area (Å²) in [6.07, 6.45) is 2.09. The van der Waals surface area contributed by atoms with Crippen molar-refractivity contribution in [2.75, 3.05) is 39.5 Å². The summed E-state index contributed by atoms with van der Waals surface area (Å²) >= 11 is 1.76. The van der Waals surface area contributed by atoms with Gasteiger partial charge in [-0.3, -0.25) is 4.79 Å². The third kappa shape index (κ3) is 5.60. The lowest BCUT2D eigenvalue weighted by molar-refractivity contribution is -0.918. The van der Waals surface area contributed by atoms with E-state index in [-0.39, 0.29) is 11.9 Å². The van der Waals surface area contributed by atoms with Crippen LogP contribution in [-0.2, 0) is 17.9 Å². The standard InChI is InChI=1S/C23H31N3OS/c1-19(24(2)17-21-9-11-22(28-3)12-10-21)23(27)26-15-13-25(14-16-26)18-20-7-5-4-6-8-20/h4-12,19H,13-18H2,1-3H3/p+2/t19-/m0/s1. The molecule has 2 atom stereocenters. The van der Waals surface area contributed by atoms with Gasteiger partial charge in [0, 0.05) is 16.0 Å². The summed E-state index contributed by atoms with van der Waals surface area (Å²) < 4.78 is 0. The topological polar surface area (TPSA) is 29.2 Å². The van der Waals surface area contributed by atoms with Crippen LogP contribution in [0.5, 0.6) is 0 Å². The van der Waals surface area contributed by atoms with Gasteiger partial charge in [-0.15, -0.1) is 11.8 Å². The van der Waals surface area contributed by atoms with E-state index in [1.54, 1.807) is 16.7 Å². The predicted octanol–water partition coefficient (Wildman–Crippen LogP) is 0.739. The molecule has 5 heteroatoms. The van der Waals surface area contributed by atoms with Gasteiger partial charge in [0.1, 0.15) is 13.1 Å².